The van der Waals surface area contributed by atoms with Crippen molar-refractivity contribution in [3.05, 3.63) is 41.3 Å². The van der Waals surface area contributed by atoms with E-state index in [1.54, 1.807) is 6.92 Å². The molecule has 19 heavy (non-hydrogen) atoms. The molecule has 100 valence electrons. The lowest BCUT2D eigenvalue weighted by atomic mass is 10.1. The fourth-order valence-corrected chi connectivity index (χ4v) is 2.47. The summed E-state index contributed by atoms with van der Waals surface area (Å²) >= 11 is 1.29. The van der Waals surface area contributed by atoms with Gasteiger partial charge in [0.1, 0.15) is 0 Å². The van der Waals surface area contributed by atoms with Crippen LogP contribution in [0.1, 0.15) is 35.7 Å². The van der Waals surface area contributed by atoms with Gasteiger partial charge in [-0.15, -0.1) is 10.2 Å². The Hall–Kier alpha value is -1.62. The maximum Gasteiger partial charge on any atom is 0.277 e. The molecule has 0 amide bonds. The molecule has 0 saturated carbocycles. The highest BCUT2D eigenvalue weighted by Gasteiger charge is 2.19. The predicted molar refractivity (Wildman–Crippen MR) is 74.5 cm³/mol. The number of carbonyl (C=O) groups excluding carboxylic acids is 1. The summed E-state index contributed by atoms with van der Waals surface area (Å²) in [5.74, 6) is 0.581. The average molecular weight is 276 g/mol. The highest BCUT2D eigenvalue weighted by atomic mass is 32.2. The summed E-state index contributed by atoms with van der Waals surface area (Å²) in [7, 11) is 0. The van der Waals surface area contributed by atoms with Crippen molar-refractivity contribution < 1.29 is 9.21 Å². The standard InChI is InChI=1S/C14H16N2O2S/c1-4-11-5-7-12(8-6-11)13(17)9(2)19-14-16-15-10(3)18-14/h5-9H,4H2,1-3H3. The largest absolute Gasteiger partial charge is 0.416 e. The molecule has 1 unspecified atom stereocenters. The summed E-state index contributed by atoms with van der Waals surface area (Å²) in [5, 5.41) is 7.82. The highest BCUT2D eigenvalue weighted by molar-refractivity contribution is 8.00. The maximum atomic E-state index is 12.2. The second-order valence-corrected chi connectivity index (χ2v) is 5.55. The summed E-state index contributed by atoms with van der Waals surface area (Å²) in [6, 6.07) is 7.72. The molecule has 2 rings (SSSR count). The number of hydrogen-bond donors (Lipinski definition) is 0. The zero-order valence-electron chi connectivity index (χ0n) is 11.2. The molecule has 1 atom stereocenters. The van der Waals surface area contributed by atoms with Crippen LogP contribution < -0.4 is 0 Å². The van der Waals surface area contributed by atoms with Gasteiger partial charge in [0, 0.05) is 12.5 Å². The first-order chi connectivity index (χ1) is 9.10. The molecule has 0 aliphatic carbocycles. The molecule has 2 aromatic rings. The molecule has 0 N–H and O–H groups in total. The Balaban J connectivity index is 2.05. The normalized spacial score (nSPS) is 12.4. The fraction of sp³-hybridized carbons (Fsp3) is 0.357. The third kappa shape index (κ3) is 3.44. The van der Waals surface area contributed by atoms with E-state index in [2.05, 4.69) is 17.1 Å². The van der Waals surface area contributed by atoms with Crippen LogP contribution in [0.3, 0.4) is 0 Å². The third-order valence-corrected chi connectivity index (χ3v) is 3.74. The van der Waals surface area contributed by atoms with Crippen LogP contribution in [0.4, 0.5) is 0 Å². The molecule has 0 spiro atoms. The number of ketones is 1. The minimum Gasteiger partial charge on any atom is -0.416 e. The number of carbonyl (C=O) groups is 1. The van der Waals surface area contributed by atoms with Gasteiger partial charge in [-0.25, -0.2) is 0 Å². The quantitative estimate of drug-likeness (QED) is 0.619. The van der Waals surface area contributed by atoms with Gasteiger partial charge in [0.15, 0.2) is 5.78 Å². The van der Waals surface area contributed by atoms with E-state index in [1.165, 1.54) is 17.3 Å². The van der Waals surface area contributed by atoms with Crippen LogP contribution in [0, 0.1) is 6.92 Å². The Bertz CT molecular complexity index is 563. The molecule has 1 aromatic carbocycles. The van der Waals surface area contributed by atoms with Gasteiger partial charge < -0.3 is 4.42 Å². The highest BCUT2D eigenvalue weighted by Crippen LogP contribution is 2.24. The van der Waals surface area contributed by atoms with Gasteiger partial charge in [0.25, 0.3) is 5.22 Å². The summed E-state index contributed by atoms with van der Waals surface area (Å²) in [4.78, 5) is 12.2. The van der Waals surface area contributed by atoms with E-state index in [4.69, 9.17) is 4.42 Å². The van der Waals surface area contributed by atoms with Crippen molar-refractivity contribution >= 4 is 17.5 Å². The van der Waals surface area contributed by atoms with Crippen molar-refractivity contribution in [1.82, 2.24) is 10.2 Å². The Morgan fingerprint density at radius 3 is 2.53 bits per heavy atom. The van der Waals surface area contributed by atoms with E-state index < -0.39 is 0 Å². The SMILES string of the molecule is CCc1ccc(C(=O)C(C)Sc2nnc(C)o2)cc1. The fourth-order valence-electron chi connectivity index (χ4n) is 1.67. The topological polar surface area (TPSA) is 56.0 Å². The number of Topliss-reactive ketones (excluding diaryl/α,β-unsaturated/α-hetero) is 1. The van der Waals surface area contributed by atoms with Crippen molar-refractivity contribution in [2.45, 2.75) is 37.7 Å². The lowest BCUT2D eigenvalue weighted by Crippen LogP contribution is -2.13. The van der Waals surface area contributed by atoms with Crippen LogP contribution in [0.5, 0.6) is 0 Å². The van der Waals surface area contributed by atoms with Crippen molar-refractivity contribution in [1.29, 1.82) is 0 Å². The Kier molecular flexibility index (Phi) is 4.37. The zero-order chi connectivity index (χ0) is 13.8. The average Bonchev–Trinajstić information content (AvgIpc) is 2.83. The summed E-state index contributed by atoms with van der Waals surface area (Å²) in [6.07, 6.45) is 0.972. The van der Waals surface area contributed by atoms with Gasteiger partial charge in [0.2, 0.25) is 5.89 Å². The summed E-state index contributed by atoms with van der Waals surface area (Å²) in [6.45, 7) is 5.67. The van der Waals surface area contributed by atoms with Gasteiger partial charge in [0.05, 0.1) is 5.25 Å². The third-order valence-electron chi connectivity index (χ3n) is 2.80. The molecule has 0 fully saturated rings. The lowest BCUT2D eigenvalue weighted by Gasteiger charge is -2.07. The van der Waals surface area contributed by atoms with Crippen LogP contribution in [0.15, 0.2) is 33.9 Å². The van der Waals surface area contributed by atoms with Crippen LogP contribution in [-0.2, 0) is 6.42 Å². The molecule has 0 aliphatic heterocycles. The molecule has 5 heteroatoms. The van der Waals surface area contributed by atoms with E-state index in [-0.39, 0.29) is 11.0 Å². The van der Waals surface area contributed by atoms with Gasteiger partial charge >= 0.3 is 0 Å². The van der Waals surface area contributed by atoms with E-state index in [9.17, 15) is 4.79 Å². The smallest absolute Gasteiger partial charge is 0.277 e. The molecule has 0 radical (unpaired) electrons. The second-order valence-electron chi connectivity index (χ2n) is 4.26. The first kappa shape index (κ1) is 13.8. The van der Waals surface area contributed by atoms with E-state index in [0.29, 0.717) is 16.7 Å². The van der Waals surface area contributed by atoms with Gasteiger partial charge in [-0.2, -0.15) is 0 Å². The molecule has 0 aliphatic rings. The number of aryl methyl sites for hydroxylation is 2. The zero-order valence-corrected chi connectivity index (χ0v) is 12.0. The molecule has 1 heterocycles. The molecule has 0 bridgehead atoms. The van der Waals surface area contributed by atoms with Crippen LogP contribution in [0.2, 0.25) is 0 Å². The van der Waals surface area contributed by atoms with Crippen LogP contribution in [-0.4, -0.2) is 21.2 Å². The van der Waals surface area contributed by atoms with Gasteiger partial charge in [-0.3, -0.25) is 4.79 Å². The Morgan fingerprint density at radius 1 is 1.32 bits per heavy atom. The summed E-state index contributed by atoms with van der Waals surface area (Å²) in [5.41, 5.74) is 1.94. The van der Waals surface area contributed by atoms with Crippen molar-refractivity contribution in [3.8, 4) is 0 Å². The lowest BCUT2D eigenvalue weighted by molar-refractivity contribution is 0.0993. The van der Waals surface area contributed by atoms with Crippen LogP contribution in [0.25, 0.3) is 0 Å². The molecular formula is C14H16N2O2S. The Morgan fingerprint density at radius 2 is 2.00 bits per heavy atom. The molecule has 0 saturated heterocycles. The molecule has 1 aromatic heterocycles. The second kappa shape index (κ2) is 6.02. The van der Waals surface area contributed by atoms with E-state index >= 15 is 0 Å². The van der Waals surface area contributed by atoms with Gasteiger partial charge in [-0.05, 0) is 18.9 Å². The van der Waals surface area contributed by atoms with Crippen molar-refractivity contribution in [2.24, 2.45) is 0 Å². The number of benzene rings is 1. The van der Waals surface area contributed by atoms with Gasteiger partial charge in [-0.1, -0.05) is 43.0 Å². The number of thioether (sulfide) groups is 1. The minimum absolute atomic E-state index is 0.0727. The van der Waals surface area contributed by atoms with Crippen molar-refractivity contribution in [3.63, 3.8) is 0 Å². The van der Waals surface area contributed by atoms with Crippen molar-refractivity contribution in [2.75, 3.05) is 0 Å². The van der Waals surface area contributed by atoms with Crippen LogP contribution >= 0.6 is 11.8 Å². The number of hydrogen-bond acceptors (Lipinski definition) is 5. The maximum absolute atomic E-state index is 12.2. The monoisotopic (exact) mass is 276 g/mol. The summed E-state index contributed by atoms with van der Waals surface area (Å²) < 4.78 is 5.27. The minimum atomic E-state index is -0.243. The number of aromatic nitrogens is 2. The number of nitrogens with zero attached hydrogens (tertiary/aromatic N) is 2. The first-order valence-electron chi connectivity index (χ1n) is 6.20. The molecule has 4 nitrogen and oxygen atoms in total. The first-order valence-corrected chi connectivity index (χ1v) is 7.08. The van der Waals surface area contributed by atoms with E-state index in [0.717, 1.165) is 6.42 Å². The predicted octanol–water partition coefficient (Wildman–Crippen LogP) is 3.30. The Labute approximate surface area is 116 Å². The number of rotatable bonds is 5. The van der Waals surface area contributed by atoms with E-state index in [1.807, 2.05) is 31.2 Å². The molecular weight excluding hydrogens is 260 g/mol.